The third-order valence-electron chi connectivity index (χ3n) is 5.41. The van der Waals surface area contributed by atoms with Crippen molar-refractivity contribution in [1.29, 1.82) is 0 Å². The number of benzene rings is 2. The van der Waals surface area contributed by atoms with Gasteiger partial charge in [-0.3, -0.25) is 14.5 Å². The maximum Gasteiger partial charge on any atom is 0.259 e. The van der Waals surface area contributed by atoms with Gasteiger partial charge in [0.15, 0.2) is 0 Å². The van der Waals surface area contributed by atoms with Gasteiger partial charge in [0.2, 0.25) is 5.91 Å². The van der Waals surface area contributed by atoms with E-state index in [0.29, 0.717) is 11.5 Å². The van der Waals surface area contributed by atoms with Gasteiger partial charge in [0, 0.05) is 17.0 Å². The Balaban J connectivity index is 1.55. The molecule has 2 amide bonds. The van der Waals surface area contributed by atoms with E-state index in [9.17, 15) is 9.59 Å². The van der Waals surface area contributed by atoms with Crippen molar-refractivity contribution in [2.45, 2.75) is 38.6 Å². The van der Waals surface area contributed by atoms with E-state index >= 15 is 0 Å². The number of anilines is 1. The van der Waals surface area contributed by atoms with Crippen LogP contribution in [0.25, 0.3) is 10.8 Å². The van der Waals surface area contributed by atoms with Crippen molar-refractivity contribution in [3.8, 4) is 0 Å². The molecular weight excluding hydrogens is 300 g/mol. The van der Waals surface area contributed by atoms with Crippen molar-refractivity contribution in [3.63, 3.8) is 0 Å². The molecule has 1 saturated carbocycles. The first-order chi connectivity index (χ1) is 11.6. The van der Waals surface area contributed by atoms with Gasteiger partial charge in [0.05, 0.1) is 5.69 Å². The molecule has 1 aliphatic carbocycles. The first-order valence-corrected chi connectivity index (χ1v) is 8.78. The largest absolute Gasteiger partial charge is 0.352 e. The molecule has 0 aromatic heterocycles. The molecule has 1 N–H and O–H groups in total. The summed E-state index contributed by atoms with van der Waals surface area (Å²) in [5.74, 6) is 0.373. The van der Waals surface area contributed by atoms with Gasteiger partial charge in [0.25, 0.3) is 5.91 Å². The summed E-state index contributed by atoms with van der Waals surface area (Å²) >= 11 is 0. The summed E-state index contributed by atoms with van der Waals surface area (Å²) in [7, 11) is 0. The molecule has 24 heavy (non-hydrogen) atoms. The second-order valence-corrected chi connectivity index (χ2v) is 7.01. The normalized spacial score (nSPS) is 22.9. The molecule has 0 spiro atoms. The Morgan fingerprint density at radius 3 is 2.71 bits per heavy atom. The number of nitrogens with one attached hydrogen (secondary N) is 1. The predicted octanol–water partition coefficient (Wildman–Crippen LogP) is 3.49. The zero-order valence-corrected chi connectivity index (χ0v) is 13.9. The summed E-state index contributed by atoms with van der Waals surface area (Å²) in [6.07, 6.45) is 4.62. The van der Waals surface area contributed by atoms with Crippen molar-refractivity contribution in [2.24, 2.45) is 5.92 Å². The van der Waals surface area contributed by atoms with Gasteiger partial charge in [-0.05, 0) is 36.3 Å². The minimum absolute atomic E-state index is 0.0630. The number of hydrogen-bond acceptors (Lipinski definition) is 2. The van der Waals surface area contributed by atoms with Crippen LogP contribution in [0.15, 0.2) is 36.4 Å². The van der Waals surface area contributed by atoms with Crippen LogP contribution in [-0.4, -0.2) is 24.4 Å². The van der Waals surface area contributed by atoms with Gasteiger partial charge in [0.1, 0.15) is 6.54 Å². The number of carbonyl (C=O) groups is 2. The molecule has 4 rings (SSSR count). The quantitative estimate of drug-likeness (QED) is 0.940. The molecule has 0 radical (unpaired) electrons. The molecule has 1 fully saturated rings. The standard InChI is InChI=1S/C20H22N2O2/c1-13-6-2-3-10-16(13)21-18(23)12-22-17-11-5-8-14-7-4-9-15(19(14)17)20(22)24/h4-5,7-9,11,13,16H,2-3,6,10,12H2,1H3,(H,21,23)/t13-,16+/m1/s1. The summed E-state index contributed by atoms with van der Waals surface area (Å²) in [4.78, 5) is 26.9. The lowest BCUT2D eigenvalue weighted by Gasteiger charge is -2.30. The molecule has 124 valence electrons. The monoisotopic (exact) mass is 322 g/mol. The summed E-state index contributed by atoms with van der Waals surface area (Å²) in [6, 6.07) is 11.8. The molecule has 0 saturated heterocycles. The zero-order valence-electron chi connectivity index (χ0n) is 13.9. The first kappa shape index (κ1) is 15.2. The molecule has 1 aliphatic heterocycles. The van der Waals surface area contributed by atoms with Crippen LogP contribution in [-0.2, 0) is 4.79 Å². The molecule has 1 heterocycles. The molecule has 2 aliphatic rings. The molecule has 4 heteroatoms. The number of amides is 2. The summed E-state index contributed by atoms with van der Waals surface area (Å²) in [5.41, 5.74) is 1.54. The topological polar surface area (TPSA) is 49.4 Å². The third-order valence-corrected chi connectivity index (χ3v) is 5.41. The lowest BCUT2D eigenvalue weighted by Crippen LogP contribution is -2.46. The number of nitrogens with zero attached hydrogens (tertiary/aromatic N) is 1. The van der Waals surface area contributed by atoms with E-state index < -0.39 is 0 Å². The van der Waals surface area contributed by atoms with Crippen molar-refractivity contribution in [3.05, 3.63) is 42.0 Å². The predicted molar refractivity (Wildman–Crippen MR) is 95.2 cm³/mol. The molecule has 4 nitrogen and oxygen atoms in total. The Hall–Kier alpha value is -2.36. The fraction of sp³-hybridized carbons (Fsp3) is 0.400. The van der Waals surface area contributed by atoms with Crippen LogP contribution in [0.5, 0.6) is 0 Å². The highest BCUT2D eigenvalue weighted by Gasteiger charge is 2.31. The molecule has 2 aromatic rings. The summed E-state index contributed by atoms with van der Waals surface area (Å²) < 4.78 is 0. The van der Waals surface area contributed by atoms with E-state index in [1.807, 2.05) is 36.4 Å². The third kappa shape index (κ3) is 2.46. The maximum atomic E-state index is 12.7. The van der Waals surface area contributed by atoms with Gasteiger partial charge in [-0.1, -0.05) is 44.0 Å². The van der Waals surface area contributed by atoms with Crippen LogP contribution < -0.4 is 10.2 Å². The summed E-state index contributed by atoms with van der Waals surface area (Å²) in [6.45, 7) is 2.29. The lowest BCUT2D eigenvalue weighted by atomic mass is 9.86. The summed E-state index contributed by atoms with van der Waals surface area (Å²) in [5, 5.41) is 5.15. The van der Waals surface area contributed by atoms with Crippen molar-refractivity contribution >= 4 is 28.3 Å². The lowest BCUT2D eigenvalue weighted by molar-refractivity contribution is -0.121. The van der Waals surface area contributed by atoms with Crippen molar-refractivity contribution in [1.82, 2.24) is 5.32 Å². The highest BCUT2D eigenvalue weighted by atomic mass is 16.2. The highest BCUT2D eigenvalue weighted by molar-refractivity contribution is 6.26. The SMILES string of the molecule is C[C@@H]1CCCC[C@@H]1NC(=O)CN1C(=O)c2cccc3cccc1c23. The average molecular weight is 322 g/mol. The van der Waals surface area contributed by atoms with Crippen molar-refractivity contribution < 1.29 is 9.59 Å². The molecule has 2 aromatic carbocycles. The van der Waals surface area contributed by atoms with Crippen LogP contribution in [0.2, 0.25) is 0 Å². The minimum atomic E-state index is -0.0753. The highest BCUT2D eigenvalue weighted by Crippen LogP contribution is 2.36. The molecular formula is C20H22N2O2. The van der Waals surface area contributed by atoms with E-state index in [0.717, 1.165) is 22.9 Å². The minimum Gasteiger partial charge on any atom is -0.352 e. The number of carbonyl (C=O) groups excluding carboxylic acids is 2. The Bertz CT molecular complexity index is 809. The van der Waals surface area contributed by atoms with Crippen LogP contribution in [0.3, 0.4) is 0 Å². The van der Waals surface area contributed by atoms with E-state index in [-0.39, 0.29) is 24.4 Å². The average Bonchev–Trinajstić information content (AvgIpc) is 2.85. The van der Waals surface area contributed by atoms with Crippen LogP contribution in [0.1, 0.15) is 43.0 Å². The van der Waals surface area contributed by atoms with Crippen LogP contribution in [0.4, 0.5) is 5.69 Å². The number of rotatable bonds is 3. The Morgan fingerprint density at radius 1 is 1.17 bits per heavy atom. The van der Waals surface area contributed by atoms with E-state index in [1.165, 1.54) is 19.3 Å². The number of hydrogen-bond donors (Lipinski definition) is 1. The van der Waals surface area contributed by atoms with E-state index in [4.69, 9.17) is 0 Å². The second kappa shape index (κ2) is 5.93. The van der Waals surface area contributed by atoms with Gasteiger partial charge >= 0.3 is 0 Å². The van der Waals surface area contributed by atoms with Gasteiger partial charge < -0.3 is 5.32 Å². The van der Waals surface area contributed by atoms with Gasteiger partial charge in [-0.25, -0.2) is 0 Å². The Kier molecular flexibility index (Phi) is 3.75. The second-order valence-electron chi connectivity index (χ2n) is 7.01. The fourth-order valence-electron chi connectivity index (χ4n) is 4.06. The van der Waals surface area contributed by atoms with Crippen LogP contribution in [0, 0.1) is 5.92 Å². The smallest absolute Gasteiger partial charge is 0.259 e. The molecule has 0 bridgehead atoms. The fourth-order valence-corrected chi connectivity index (χ4v) is 4.06. The molecule has 0 unspecified atom stereocenters. The van der Waals surface area contributed by atoms with E-state index in [1.54, 1.807) is 4.90 Å². The van der Waals surface area contributed by atoms with Gasteiger partial charge in [-0.15, -0.1) is 0 Å². The van der Waals surface area contributed by atoms with Crippen molar-refractivity contribution in [2.75, 3.05) is 11.4 Å². The first-order valence-electron chi connectivity index (χ1n) is 8.78. The zero-order chi connectivity index (χ0) is 16.7. The maximum absolute atomic E-state index is 12.7. The van der Waals surface area contributed by atoms with Gasteiger partial charge in [-0.2, -0.15) is 0 Å². The Morgan fingerprint density at radius 2 is 1.92 bits per heavy atom. The Labute approximate surface area is 141 Å². The van der Waals surface area contributed by atoms with E-state index in [2.05, 4.69) is 12.2 Å². The molecule has 2 atom stereocenters. The van der Waals surface area contributed by atoms with Crippen LogP contribution >= 0.6 is 0 Å².